The zero-order valence-corrected chi connectivity index (χ0v) is 14.5. The molecule has 1 aliphatic heterocycles. The molecule has 0 atom stereocenters. The molecule has 0 saturated carbocycles. The molecule has 0 aliphatic carbocycles. The van der Waals surface area contributed by atoms with Gasteiger partial charge in [-0.25, -0.2) is 4.98 Å². The SMILES string of the molecule is Cl.O=C(Nc1nc2c(C3CCNCC3)cccc2[nH]1)c1cccnc1. The molecule has 0 bridgehead atoms. The maximum Gasteiger partial charge on any atom is 0.259 e. The highest BCUT2D eigenvalue weighted by atomic mass is 35.5. The van der Waals surface area contributed by atoms with Crippen LogP contribution in [-0.2, 0) is 0 Å². The summed E-state index contributed by atoms with van der Waals surface area (Å²) in [5.74, 6) is 0.769. The molecular formula is C18H20ClN5O. The van der Waals surface area contributed by atoms with Gasteiger partial charge in [-0.2, -0.15) is 0 Å². The minimum atomic E-state index is -0.217. The van der Waals surface area contributed by atoms with E-state index in [2.05, 4.69) is 31.7 Å². The van der Waals surface area contributed by atoms with Gasteiger partial charge in [0.25, 0.3) is 5.91 Å². The number of fused-ring (bicyclic) bond motifs is 1. The Morgan fingerprint density at radius 2 is 2.00 bits per heavy atom. The second kappa shape index (κ2) is 7.63. The Morgan fingerprint density at radius 1 is 1.16 bits per heavy atom. The number of aromatic amines is 1. The molecule has 0 unspecified atom stereocenters. The highest BCUT2D eigenvalue weighted by Gasteiger charge is 2.19. The molecule has 1 amide bonds. The lowest BCUT2D eigenvalue weighted by molar-refractivity contribution is 0.102. The van der Waals surface area contributed by atoms with Crippen LogP contribution in [0.4, 0.5) is 5.95 Å². The fourth-order valence-corrected chi connectivity index (χ4v) is 3.25. The Balaban J connectivity index is 0.00000182. The highest BCUT2D eigenvalue weighted by molar-refractivity contribution is 6.03. The number of piperidine rings is 1. The van der Waals surface area contributed by atoms with Crippen LogP contribution < -0.4 is 10.6 Å². The summed E-state index contributed by atoms with van der Waals surface area (Å²) in [4.78, 5) is 24.0. The summed E-state index contributed by atoms with van der Waals surface area (Å²) in [6, 6.07) is 9.65. The second-order valence-electron chi connectivity index (χ2n) is 6.05. The van der Waals surface area contributed by atoms with Gasteiger partial charge in [-0.05, 0) is 55.6 Å². The molecule has 0 spiro atoms. The first-order valence-electron chi connectivity index (χ1n) is 8.22. The molecule has 7 heteroatoms. The van der Waals surface area contributed by atoms with Crippen molar-refractivity contribution in [3.8, 4) is 0 Å². The van der Waals surface area contributed by atoms with Crippen molar-refractivity contribution < 1.29 is 4.79 Å². The lowest BCUT2D eigenvalue weighted by atomic mass is 9.89. The molecule has 1 aliphatic rings. The summed E-state index contributed by atoms with van der Waals surface area (Å²) >= 11 is 0. The van der Waals surface area contributed by atoms with Crippen LogP contribution in [0.2, 0.25) is 0 Å². The van der Waals surface area contributed by atoms with E-state index in [1.807, 2.05) is 12.1 Å². The van der Waals surface area contributed by atoms with Crippen LogP contribution in [-0.4, -0.2) is 33.9 Å². The van der Waals surface area contributed by atoms with Gasteiger partial charge in [0.15, 0.2) is 0 Å². The summed E-state index contributed by atoms with van der Waals surface area (Å²) in [5, 5.41) is 6.21. The Hall–Kier alpha value is -2.44. The van der Waals surface area contributed by atoms with Crippen LogP contribution in [0.15, 0.2) is 42.7 Å². The van der Waals surface area contributed by atoms with Crippen LogP contribution in [0.25, 0.3) is 11.0 Å². The van der Waals surface area contributed by atoms with E-state index < -0.39 is 0 Å². The summed E-state index contributed by atoms with van der Waals surface area (Å²) in [6.07, 6.45) is 5.41. The van der Waals surface area contributed by atoms with Crippen LogP contribution in [0.5, 0.6) is 0 Å². The third-order valence-corrected chi connectivity index (χ3v) is 4.48. The number of para-hydroxylation sites is 1. The van der Waals surface area contributed by atoms with Gasteiger partial charge in [0.2, 0.25) is 5.95 Å². The van der Waals surface area contributed by atoms with Gasteiger partial charge in [0.05, 0.1) is 16.6 Å². The second-order valence-corrected chi connectivity index (χ2v) is 6.05. The molecule has 1 saturated heterocycles. The Bertz CT molecular complexity index is 858. The fraction of sp³-hybridized carbons (Fsp3) is 0.278. The third-order valence-electron chi connectivity index (χ3n) is 4.48. The van der Waals surface area contributed by atoms with Crippen LogP contribution in [0, 0.1) is 0 Å². The summed E-state index contributed by atoms with van der Waals surface area (Å²) in [7, 11) is 0. The minimum absolute atomic E-state index is 0. The number of anilines is 1. The molecule has 25 heavy (non-hydrogen) atoms. The molecule has 3 heterocycles. The van der Waals surface area contributed by atoms with E-state index in [-0.39, 0.29) is 18.3 Å². The van der Waals surface area contributed by atoms with Crippen LogP contribution >= 0.6 is 12.4 Å². The number of rotatable bonds is 3. The standard InChI is InChI=1S/C18H19N5O.ClH/c24-17(13-3-2-8-20-11-13)23-18-21-15-5-1-4-14(16(15)22-18)12-6-9-19-10-7-12;/h1-5,8,11-12,19H,6-7,9-10H2,(H2,21,22,23,24);1H. The molecule has 4 rings (SSSR count). The number of hydrogen-bond acceptors (Lipinski definition) is 4. The smallest absolute Gasteiger partial charge is 0.259 e. The first-order chi connectivity index (χ1) is 11.8. The van der Waals surface area contributed by atoms with Crippen molar-refractivity contribution in [1.29, 1.82) is 0 Å². The number of aromatic nitrogens is 3. The number of halogens is 1. The number of amides is 1. The number of carbonyl (C=O) groups is 1. The number of benzene rings is 1. The van der Waals surface area contributed by atoms with Crippen molar-refractivity contribution in [2.75, 3.05) is 18.4 Å². The van der Waals surface area contributed by atoms with E-state index in [1.165, 1.54) is 5.56 Å². The van der Waals surface area contributed by atoms with Crippen LogP contribution in [0.3, 0.4) is 0 Å². The molecule has 1 aromatic carbocycles. The van der Waals surface area contributed by atoms with Crippen molar-refractivity contribution in [3.05, 3.63) is 53.9 Å². The normalized spacial score (nSPS) is 14.9. The Kier molecular flexibility index (Phi) is 5.31. The predicted octanol–water partition coefficient (Wildman–Crippen LogP) is 3.10. The highest BCUT2D eigenvalue weighted by Crippen LogP contribution is 2.31. The molecular weight excluding hydrogens is 338 g/mol. The summed E-state index contributed by atoms with van der Waals surface area (Å²) in [5.41, 5.74) is 3.67. The van der Waals surface area contributed by atoms with Gasteiger partial charge in [-0.1, -0.05) is 12.1 Å². The van der Waals surface area contributed by atoms with Gasteiger partial charge < -0.3 is 10.3 Å². The quantitative estimate of drug-likeness (QED) is 0.672. The fourth-order valence-electron chi connectivity index (χ4n) is 3.25. The van der Waals surface area contributed by atoms with Crippen LogP contribution in [0.1, 0.15) is 34.7 Å². The maximum absolute atomic E-state index is 12.3. The summed E-state index contributed by atoms with van der Waals surface area (Å²) in [6.45, 7) is 2.08. The molecule has 1 fully saturated rings. The zero-order valence-electron chi connectivity index (χ0n) is 13.7. The zero-order chi connectivity index (χ0) is 16.4. The number of nitrogens with one attached hydrogen (secondary N) is 3. The van der Waals surface area contributed by atoms with E-state index in [1.54, 1.807) is 24.5 Å². The molecule has 3 aromatic rings. The van der Waals surface area contributed by atoms with E-state index in [0.29, 0.717) is 17.4 Å². The van der Waals surface area contributed by atoms with Crippen molar-refractivity contribution >= 4 is 35.3 Å². The van der Waals surface area contributed by atoms with Gasteiger partial charge in [-0.15, -0.1) is 12.4 Å². The molecule has 0 radical (unpaired) electrons. The number of pyridine rings is 1. The van der Waals surface area contributed by atoms with Gasteiger partial charge in [-0.3, -0.25) is 15.1 Å². The minimum Gasteiger partial charge on any atom is -0.324 e. The maximum atomic E-state index is 12.3. The van der Waals surface area contributed by atoms with E-state index in [0.717, 1.165) is 37.0 Å². The average molecular weight is 358 g/mol. The van der Waals surface area contributed by atoms with E-state index >= 15 is 0 Å². The Labute approximate surface area is 151 Å². The van der Waals surface area contributed by atoms with Crippen molar-refractivity contribution in [3.63, 3.8) is 0 Å². The number of nitrogens with zero attached hydrogens (tertiary/aromatic N) is 2. The molecule has 6 nitrogen and oxygen atoms in total. The monoisotopic (exact) mass is 357 g/mol. The molecule has 3 N–H and O–H groups in total. The van der Waals surface area contributed by atoms with Gasteiger partial charge >= 0.3 is 0 Å². The van der Waals surface area contributed by atoms with E-state index in [4.69, 9.17) is 0 Å². The first kappa shape index (κ1) is 17.4. The largest absolute Gasteiger partial charge is 0.324 e. The van der Waals surface area contributed by atoms with Crippen molar-refractivity contribution in [2.24, 2.45) is 0 Å². The molecule has 2 aromatic heterocycles. The Morgan fingerprint density at radius 3 is 2.76 bits per heavy atom. The van der Waals surface area contributed by atoms with Gasteiger partial charge in [0, 0.05) is 12.4 Å². The summed E-state index contributed by atoms with van der Waals surface area (Å²) < 4.78 is 0. The third kappa shape index (κ3) is 3.65. The lowest BCUT2D eigenvalue weighted by Gasteiger charge is -2.23. The van der Waals surface area contributed by atoms with Crippen molar-refractivity contribution in [2.45, 2.75) is 18.8 Å². The number of imidazole rings is 1. The lowest BCUT2D eigenvalue weighted by Crippen LogP contribution is -2.26. The first-order valence-corrected chi connectivity index (χ1v) is 8.22. The average Bonchev–Trinajstić information content (AvgIpc) is 3.05. The topological polar surface area (TPSA) is 82.7 Å². The predicted molar refractivity (Wildman–Crippen MR) is 100 cm³/mol. The number of carbonyl (C=O) groups excluding carboxylic acids is 1. The van der Waals surface area contributed by atoms with E-state index in [9.17, 15) is 4.79 Å². The number of H-pyrrole nitrogens is 1. The van der Waals surface area contributed by atoms with Crippen molar-refractivity contribution in [1.82, 2.24) is 20.3 Å². The molecule has 130 valence electrons. The van der Waals surface area contributed by atoms with Gasteiger partial charge in [0.1, 0.15) is 0 Å². The number of hydrogen-bond donors (Lipinski definition) is 3.